The SMILES string of the molecule is CC(C)N1CCN(c2cccc([C@H](C)CO)n2)CC1. The van der Waals surface area contributed by atoms with Crippen molar-refractivity contribution >= 4 is 5.82 Å². The lowest BCUT2D eigenvalue weighted by Gasteiger charge is -2.37. The summed E-state index contributed by atoms with van der Waals surface area (Å²) in [5, 5.41) is 9.22. The average molecular weight is 263 g/mol. The fraction of sp³-hybridized carbons (Fsp3) is 0.667. The predicted molar refractivity (Wildman–Crippen MR) is 78.7 cm³/mol. The molecule has 2 rings (SSSR count). The van der Waals surface area contributed by atoms with Crippen LogP contribution in [0.4, 0.5) is 5.82 Å². The lowest BCUT2D eigenvalue weighted by Crippen LogP contribution is -2.49. The quantitative estimate of drug-likeness (QED) is 0.897. The molecule has 19 heavy (non-hydrogen) atoms. The molecule has 0 aliphatic carbocycles. The largest absolute Gasteiger partial charge is 0.396 e. The third-order valence-electron chi connectivity index (χ3n) is 3.90. The number of piperazine rings is 1. The molecule has 0 aromatic carbocycles. The monoisotopic (exact) mass is 263 g/mol. The first-order valence-electron chi connectivity index (χ1n) is 7.18. The van der Waals surface area contributed by atoms with Crippen LogP contribution >= 0.6 is 0 Å². The van der Waals surface area contributed by atoms with Crippen LogP contribution in [0, 0.1) is 0 Å². The molecule has 1 N–H and O–H groups in total. The number of pyridine rings is 1. The molecule has 2 heterocycles. The van der Waals surface area contributed by atoms with E-state index < -0.39 is 0 Å². The van der Waals surface area contributed by atoms with E-state index in [-0.39, 0.29) is 12.5 Å². The first-order chi connectivity index (χ1) is 9.11. The van der Waals surface area contributed by atoms with Gasteiger partial charge < -0.3 is 10.0 Å². The van der Waals surface area contributed by atoms with Crippen molar-refractivity contribution in [2.75, 3.05) is 37.7 Å². The molecule has 1 aromatic rings. The third kappa shape index (κ3) is 3.45. The summed E-state index contributed by atoms with van der Waals surface area (Å²) in [6.07, 6.45) is 0. The van der Waals surface area contributed by atoms with E-state index in [0.717, 1.165) is 37.7 Å². The maximum absolute atomic E-state index is 9.22. The molecule has 4 nitrogen and oxygen atoms in total. The maximum atomic E-state index is 9.22. The molecule has 106 valence electrons. The normalized spacial score (nSPS) is 18.9. The Morgan fingerprint density at radius 3 is 2.42 bits per heavy atom. The molecule has 0 saturated carbocycles. The Hall–Kier alpha value is -1.13. The Labute approximate surface area is 116 Å². The van der Waals surface area contributed by atoms with Crippen molar-refractivity contribution in [1.82, 2.24) is 9.88 Å². The van der Waals surface area contributed by atoms with Crippen molar-refractivity contribution in [2.45, 2.75) is 32.7 Å². The van der Waals surface area contributed by atoms with Gasteiger partial charge in [-0.3, -0.25) is 4.90 Å². The van der Waals surface area contributed by atoms with Gasteiger partial charge in [0, 0.05) is 43.8 Å². The molecule has 1 atom stereocenters. The fourth-order valence-corrected chi connectivity index (χ4v) is 2.45. The molecule has 1 saturated heterocycles. The van der Waals surface area contributed by atoms with Gasteiger partial charge in [-0.25, -0.2) is 4.98 Å². The van der Waals surface area contributed by atoms with Gasteiger partial charge in [-0.05, 0) is 26.0 Å². The average Bonchev–Trinajstić information content (AvgIpc) is 2.46. The topological polar surface area (TPSA) is 39.6 Å². The van der Waals surface area contributed by atoms with Gasteiger partial charge in [0.25, 0.3) is 0 Å². The summed E-state index contributed by atoms with van der Waals surface area (Å²) < 4.78 is 0. The summed E-state index contributed by atoms with van der Waals surface area (Å²) in [7, 11) is 0. The fourth-order valence-electron chi connectivity index (χ4n) is 2.45. The Balaban J connectivity index is 2.03. The number of aliphatic hydroxyl groups is 1. The van der Waals surface area contributed by atoms with E-state index in [1.54, 1.807) is 0 Å². The van der Waals surface area contributed by atoms with Gasteiger partial charge in [0.15, 0.2) is 0 Å². The van der Waals surface area contributed by atoms with E-state index in [4.69, 9.17) is 0 Å². The highest BCUT2D eigenvalue weighted by molar-refractivity contribution is 5.40. The zero-order chi connectivity index (χ0) is 13.8. The first-order valence-corrected chi connectivity index (χ1v) is 7.18. The highest BCUT2D eigenvalue weighted by atomic mass is 16.3. The van der Waals surface area contributed by atoms with Crippen molar-refractivity contribution in [2.24, 2.45) is 0 Å². The summed E-state index contributed by atoms with van der Waals surface area (Å²) in [6, 6.07) is 6.72. The first kappa shape index (κ1) is 14.3. The van der Waals surface area contributed by atoms with Crippen molar-refractivity contribution in [3.05, 3.63) is 23.9 Å². The standard InChI is InChI=1S/C15H25N3O/c1-12(2)17-7-9-18(10-8-17)15-6-4-5-14(16-15)13(3)11-19/h4-6,12-13,19H,7-11H2,1-3H3/t13-/m1/s1. The highest BCUT2D eigenvalue weighted by Crippen LogP contribution is 2.19. The van der Waals surface area contributed by atoms with E-state index in [1.165, 1.54) is 0 Å². The van der Waals surface area contributed by atoms with E-state index in [2.05, 4.69) is 34.7 Å². The summed E-state index contributed by atoms with van der Waals surface area (Å²) in [6.45, 7) is 10.9. The van der Waals surface area contributed by atoms with Crippen LogP contribution in [0.3, 0.4) is 0 Å². The second-order valence-electron chi connectivity index (χ2n) is 5.62. The van der Waals surface area contributed by atoms with E-state index >= 15 is 0 Å². The molecule has 4 heteroatoms. The number of hydrogen-bond donors (Lipinski definition) is 1. The van der Waals surface area contributed by atoms with E-state index in [1.807, 2.05) is 19.1 Å². The summed E-state index contributed by atoms with van der Waals surface area (Å²) in [4.78, 5) is 9.52. The molecule has 0 spiro atoms. The molecular weight excluding hydrogens is 238 g/mol. The number of aromatic nitrogens is 1. The van der Waals surface area contributed by atoms with Gasteiger partial charge in [-0.15, -0.1) is 0 Å². The minimum atomic E-state index is 0.108. The summed E-state index contributed by atoms with van der Waals surface area (Å²) in [5.41, 5.74) is 0.978. The molecule has 0 radical (unpaired) electrons. The second-order valence-corrected chi connectivity index (χ2v) is 5.62. The van der Waals surface area contributed by atoms with Gasteiger partial charge in [-0.1, -0.05) is 13.0 Å². The van der Waals surface area contributed by atoms with Crippen LogP contribution in [0.25, 0.3) is 0 Å². The lowest BCUT2D eigenvalue weighted by atomic mass is 10.1. The Morgan fingerprint density at radius 1 is 1.16 bits per heavy atom. The molecule has 1 fully saturated rings. The van der Waals surface area contributed by atoms with E-state index in [0.29, 0.717) is 6.04 Å². The zero-order valence-electron chi connectivity index (χ0n) is 12.2. The van der Waals surface area contributed by atoms with Gasteiger partial charge in [-0.2, -0.15) is 0 Å². The van der Waals surface area contributed by atoms with Crippen LogP contribution in [0.5, 0.6) is 0 Å². The number of rotatable bonds is 4. The van der Waals surface area contributed by atoms with Crippen LogP contribution in [0.1, 0.15) is 32.4 Å². The predicted octanol–water partition coefficient (Wildman–Crippen LogP) is 1.71. The smallest absolute Gasteiger partial charge is 0.128 e. The van der Waals surface area contributed by atoms with Crippen LogP contribution in [0.2, 0.25) is 0 Å². The summed E-state index contributed by atoms with van der Waals surface area (Å²) >= 11 is 0. The molecule has 1 aliphatic heterocycles. The summed E-state index contributed by atoms with van der Waals surface area (Å²) in [5.74, 6) is 1.15. The molecular formula is C15H25N3O. The molecule has 0 bridgehead atoms. The number of hydrogen-bond acceptors (Lipinski definition) is 4. The van der Waals surface area contributed by atoms with Crippen LogP contribution in [0.15, 0.2) is 18.2 Å². The Kier molecular flexibility index (Phi) is 4.77. The lowest BCUT2D eigenvalue weighted by molar-refractivity contribution is 0.209. The minimum absolute atomic E-state index is 0.108. The minimum Gasteiger partial charge on any atom is -0.396 e. The van der Waals surface area contributed by atoms with Gasteiger partial charge in [0.1, 0.15) is 5.82 Å². The van der Waals surface area contributed by atoms with Crippen LogP contribution in [-0.2, 0) is 0 Å². The zero-order valence-corrected chi connectivity index (χ0v) is 12.2. The molecule has 1 aromatic heterocycles. The maximum Gasteiger partial charge on any atom is 0.128 e. The third-order valence-corrected chi connectivity index (χ3v) is 3.90. The van der Waals surface area contributed by atoms with Crippen molar-refractivity contribution in [3.63, 3.8) is 0 Å². The number of nitrogens with zero attached hydrogens (tertiary/aromatic N) is 3. The number of anilines is 1. The number of aliphatic hydroxyl groups excluding tert-OH is 1. The van der Waals surface area contributed by atoms with Crippen molar-refractivity contribution < 1.29 is 5.11 Å². The Bertz CT molecular complexity index is 400. The van der Waals surface area contributed by atoms with Gasteiger partial charge in [0.05, 0.1) is 6.61 Å². The van der Waals surface area contributed by atoms with Gasteiger partial charge >= 0.3 is 0 Å². The van der Waals surface area contributed by atoms with Crippen molar-refractivity contribution in [1.29, 1.82) is 0 Å². The van der Waals surface area contributed by atoms with E-state index in [9.17, 15) is 5.11 Å². The van der Waals surface area contributed by atoms with Gasteiger partial charge in [0.2, 0.25) is 0 Å². The van der Waals surface area contributed by atoms with Crippen LogP contribution < -0.4 is 4.90 Å². The molecule has 0 amide bonds. The van der Waals surface area contributed by atoms with Crippen LogP contribution in [-0.4, -0.2) is 53.8 Å². The molecule has 1 aliphatic rings. The van der Waals surface area contributed by atoms with Crippen molar-refractivity contribution in [3.8, 4) is 0 Å². The Morgan fingerprint density at radius 2 is 1.84 bits per heavy atom. The second kappa shape index (κ2) is 6.35. The molecule has 0 unspecified atom stereocenters. The highest BCUT2D eigenvalue weighted by Gasteiger charge is 2.20.